The SMILES string of the molecule is CCCCc1ccc(N(c2ccc(/C=C/c3ccc(/C=C/c4ccc(N(c5ccc(CCCC)cc5)c5cccc(SC)c5)cc4)cc3)cc2)c2cccc(SC)c2)cc1. The first-order chi connectivity index (χ1) is 29.5. The number of unbranched alkanes of at least 4 members (excludes halogenated alkanes) is 2. The van der Waals surface area contributed by atoms with Gasteiger partial charge in [0.15, 0.2) is 0 Å². The lowest BCUT2D eigenvalue weighted by Gasteiger charge is -2.26. The van der Waals surface area contributed by atoms with Crippen molar-refractivity contribution in [1.82, 2.24) is 0 Å². The highest BCUT2D eigenvalue weighted by Gasteiger charge is 2.15. The maximum Gasteiger partial charge on any atom is 0.0472 e. The Morgan fingerprint density at radius 1 is 0.367 bits per heavy atom. The largest absolute Gasteiger partial charge is 0.310 e. The first-order valence-corrected chi connectivity index (χ1v) is 23.7. The van der Waals surface area contributed by atoms with Crippen molar-refractivity contribution in [3.05, 3.63) is 203 Å². The molecule has 7 rings (SSSR count). The molecule has 0 aromatic heterocycles. The molecule has 0 aliphatic carbocycles. The minimum absolute atomic E-state index is 1.12. The molecular weight excluding hydrogens is 765 g/mol. The molecule has 4 heteroatoms. The van der Waals surface area contributed by atoms with Crippen molar-refractivity contribution in [2.75, 3.05) is 22.3 Å². The quantitative estimate of drug-likeness (QED) is 0.0628. The summed E-state index contributed by atoms with van der Waals surface area (Å²) in [4.78, 5) is 7.21. The van der Waals surface area contributed by atoms with Crippen LogP contribution in [0.25, 0.3) is 24.3 Å². The maximum atomic E-state index is 2.35. The molecule has 0 aliphatic heterocycles. The van der Waals surface area contributed by atoms with Gasteiger partial charge in [0.25, 0.3) is 0 Å². The van der Waals surface area contributed by atoms with E-state index < -0.39 is 0 Å². The molecule has 302 valence electrons. The van der Waals surface area contributed by atoms with Crippen LogP contribution in [-0.2, 0) is 12.8 Å². The van der Waals surface area contributed by atoms with Crippen molar-refractivity contribution >= 4 is 82.0 Å². The van der Waals surface area contributed by atoms with Gasteiger partial charge in [-0.2, -0.15) is 0 Å². The minimum Gasteiger partial charge on any atom is -0.310 e. The lowest BCUT2D eigenvalue weighted by molar-refractivity contribution is 0.795. The Balaban J connectivity index is 1.02. The third-order valence-electron chi connectivity index (χ3n) is 10.8. The number of hydrogen-bond acceptors (Lipinski definition) is 4. The molecular formula is C56H56N2S2. The van der Waals surface area contributed by atoms with E-state index in [2.05, 4.69) is 230 Å². The maximum absolute atomic E-state index is 2.35. The number of aryl methyl sites for hydroxylation is 2. The zero-order chi connectivity index (χ0) is 41.5. The third kappa shape index (κ3) is 11.3. The van der Waals surface area contributed by atoms with Crippen LogP contribution in [0.2, 0.25) is 0 Å². The van der Waals surface area contributed by atoms with Gasteiger partial charge in [-0.25, -0.2) is 0 Å². The van der Waals surface area contributed by atoms with Gasteiger partial charge >= 0.3 is 0 Å². The first kappa shape index (κ1) is 42.4. The molecule has 0 N–H and O–H groups in total. The van der Waals surface area contributed by atoms with Crippen LogP contribution in [0.4, 0.5) is 34.1 Å². The van der Waals surface area contributed by atoms with Crippen LogP contribution >= 0.6 is 23.5 Å². The van der Waals surface area contributed by atoms with E-state index in [1.54, 1.807) is 23.5 Å². The Labute approximate surface area is 367 Å². The second-order valence-electron chi connectivity index (χ2n) is 15.1. The lowest BCUT2D eigenvalue weighted by atomic mass is 10.1. The standard InChI is InChI=1S/C56H56N2S2/c1-5-7-11-43-25-33-49(34-26-43)57(53-13-9-15-55(41-53)59-3)51-37-29-47(30-38-51)23-21-45-17-19-46(20-18-45)22-24-48-31-39-52(40-32-48)58(54-14-10-16-56(42-54)60-4)50-35-27-44(28-36-50)12-8-6-2/h9-10,13-42H,5-8,11-12H2,1-4H3/b23-21+,24-22+. The summed E-state index contributed by atoms with van der Waals surface area (Å²) in [7, 11) is 0. The van der Waals surface area contributed by atoms with E-state index in [1.165, 1.54) is 80.2 Å². The number of thioether (sulfide) groups is 2. The fourth-order valence-corrected chi connectivity index (χ4v) is 8.26. The van der Waals surface area contributed by atoms with E-state index in [0.29, 0.717) is 0 Å². The van der Waals surface area contributed by atoms with Crippen molar-refractivity contribution in [1.29, 1.82) is 0 Å². The second-order valence-corrected chi connectivity index (χ2v) is 16.9. The van der Waals surface area contributed by atoms with E-state index in [0.717, 1.165) is 35.6 Å². The van der Waals surface area contributed by atoms with E-state index in [4.69, 9.17) is 0 Å². The highest BCUT2D eigenvalue weighted by Crippen LogP contribution is 2.38. The number of anilines is 6. The van der Waals surface area contributed by atoms with Crippen molar-refractivity contribution in [2.24, 2.45) is 0 Å². The summed E-state index contributed by atoms with van der Waals surface area (Å²) in [6.45, 7) is 4.50. The molecule has 7 aromatic rings. The molecule has 0 radical (unpaired) electrons. The van der Waals surface area contributed by atoms with Gasteiger partial charge in [-0.3, -0.25) is 0 Å². The zero-order valence-corrected chi connectivity index (χ0v) is 37.1. The van der Waals surface area contributed by atoms with Crippen LogP contribution in [0.1, 0.15) is 72.9 Å². The van der Waals surface area contributed by atoms with Crippen LogP contribution in [0.3, 0.4) is 0 Å². The first-order valence-electron chi connectivity index (χ1n) is 21.3. The number of benzene rings is 7. The smallest absolute Gasteiger partial charge is 0.0472 e. The molecule has 0 bridgehead atoms. The van der Waals surface area contributed by atoms with Gasteiger partial charge in [-0.15, -0.1) is 23.5 Å². The van der Waals surface area contributed by atoms with Crippen LogP contribution in [0.5, 0.6) is 0 Å². The van der Waals surface area contributed by atoms with Gasteiger partial charge in [0.1, 0.15) is 0 Å². The molecule has 0 amide bonds. The normalized spacial score (nSPS) is 11.4. The van der Waals surface area contributed by atoms with Gasteiger partial charge in [0.05, 0.1) is 0 Å². The molecule has 0 aliphatic rings. The highest BCUT2D eigenvalue weighted by molar-refractivity contribution is 7.98. The Hall–Kier alpha value is -5.68. The second kappa shape index (κ2) is 21.5. The fraction of sp³-hybridized carbons (Fsp3) is 0.179. The van der Waals surface area contributed by atoms with Crippen molar-refractivity contribution in [2.45, 2.75) is 62.2 Å². The van der Waals surface area contributed by atoms with Crippen LogP contribution in [-0.4, -0.2) is 12.5 Å². The molecule has 0 spiro atoms. The van der Waals surface area contributed by atoms with Gasteiger partial charge in [0.2, 0.25) is 0 Å². The summed E-state index contributed by atoms with van der Waals surface area (Å²) in [5.41, 5.74) is 14.4. The van der Waals surface area contributed by atoms with E-state index in [1.807, 2.05) is 0 Å². The molecule has 0 fully saturated rings. The summed E-state index contributed by atoms with van der Waals surface area (Å²) < 4.78 is 0. The predicted molar refractivity (Wildman–Crippen MR) is 267 cm³/mol. The molecule has 60 heavy (non-hydrogen) atoms. The molecule has 0 saturated carbocycles. The van der Waals surface area contributed by atoms with Crippen molar-refractivity contribution < 1.29 is 0 Å². The average Bonchev–Trinajstić information content (AvgIpc) is 3.31. The minimum atomic E-state index is 1.12. The van der Waals surface area contributed by atoms with Crippen molar-refractivity contribution in [3.63, 3.8) is 0 Å². The van der Waals surface area contributed by atoms with Crippen LogP contribution < -0.4 is 9.80 Å². The van der Waals surface area contributed by atoms with E-state index >= 15 is 0 Å². The molecule has 2 nitrogen and oxygen atoms in total. The summed E-state index contributed by atoms with van der Waals surface area (Å²) in [6, 6.07) is 62.2. The van der Waals surface area contributed by atoms with Gasteiger partial charge < -0.3 is 9.80 Å². The summed E-state index contributed by atoms with van der Waals surface area (Å²) in [5.74, 6) is 0. The number of nitrogens with zero attached hydrogens (tertiary/aromatic N) is 2. The summed E-state index contributed by atoms with van der Waals surface area (Å²) in [5, 5.41) is 0. The Kier molecular flexibility index (Phi) is 15.2. The Morgan fingerprint density at radius 2 is 0.667 bits per heavy atom. The Bertz CT molecular complexity index is 2270. The lowest BCUT2D eigenvalue weighted by Crippen LogP contribution is -2.10. The molecule has 0 saturated heterocycles. The molecule has 0 unspecified atom stereocenters. The predicted octanol–water partition coefficient (Wildman–Crippen LogP) is 17.1. The van der Waals surface area contributed by atoms with E-state index in [-0.39, 0.29) is 0 Å². The number of hydrogen-bond donors (Lipinski definition) is 0. The van der Waals surface area contributed by atoms with Gasteiger partial charge in [-0.1, -0.05) is 136 Å². The zero-order valence-electron chi connectivity index (χ0n) is 35.4. The molecule has 0 heterocycles. The summed E-state index contributed by atoms with van der Waals surface area (Å²) >= 11 is 3.54. The van der Waals surface area contributed by atoms with Crippen LogP contribution in [0, 0.1) is 0 Å². The van der Waals surface area contributed by atoms with E-state index in [9.17, 15) is 0 Å². The van der Waals surface area contributed by atoms with Gasteiger partial charge in [0, 0.05) is 43.9 Å². The Morgan fingerprint density at radius 3 is 0.967 bits per heavy atom. The van der Waals surface area contributed by atoms with Crippen molar-refractivity contribution in [3.8, 4) is 0 Å². The summed E-state index contributed by atoms with van der Waals surface area (Å²) in [6.07, 6.45) is 20.1. The topological polar surface area (TPSA) is 6.48 Å². The van der Waals surface area contributed by atoms with Gasteiger partial charge in [-0.05, 0) is 157 Å². The fourth-order valence-electron chi connectivity index (χ4n) is 7.35. The average molecular weight is 821 g/mol. The third-order valence-corrected chi connectivity index (χ3v) is 12.3. The van der Waals surface area contributed by atoms with Crippen LogP contribution in [0.15, 0.2) is 180 Å². The number of rotatable bonds is 18. The highest BCUT2D eigenvalue weighted by atomic mass is 32.2. The molecule has 7 aromatic carbocycles. The molecule has 0 atom stereocenters. The monoisotopic (exact) mass is 820 g/mol.